The molecule has 2 aromatic heterocycles. The highest BCUT2D eigenvalue weighted by atomic mass is 32.1. The molecule has 5 rings (SSSR count). The second kappa shape index (κ2) is 10.6. The maximum Gasteiger partial charge on any atom is 0.338 e. The van der Waals surface area contributed by atoms with Crippen LogP contribution >= 0.6 is 22.7 Å². The second-order valence-corrected chi connectivity index (χ2v) is 10.0. The lowest BCUT2D eigenvalue weighted by molar-refractivity contribution is -0.138. The number of hydrogen-bond acceptors (Lipinski definition) is 8. The van der Waals surface area contributed by atoms with Gasteiger partial charge in [0, 0.05) is 16.0 Å². The van der Waals surface area contributed by atoms with Gasteiger partial charge in [0.1, 0.15) is 6.04 Å². The van der Waals surface area contributed by atoms with Crippen LogP contribution in [0.5, 0.6) is 11.5 Å². The summed E-state index contributed by atoms with van der Waals surface area (Å²) in [7, 11) is 3.08. The molecule has 0 saturated heterocycles. The number of carbonyl (C=O) groups is 1. The molecule has 0 amide bonds. The fourth-order valence-electron chi connectivity index (χ4n) is 4.36. The largest absolute Gasteiger partial charge is 0.493 e. The van der Waals surface area contributed by atoms with Crippen molar-refractivity contribution in [2.45, 2.75) is 13.0 Å². The zero-order chi connectivity index (χ0) is 25.9. The van der Waals surface area contributed by atoms with E-state index in [1.165, 1.54) is 18.4 Å². The lowest BCUT2D eigenvalue weighted by Gasteiger charge is -2.27. The average molecular weight is 533 g/mol. The number of hydrogen-bond donors (Lipinski definition) is 0. The molecule has 0 radical (unpaired) electrons. The number of thiazole rings is 1. The molecule has 188 valence electrons. The molecule has 0 fully saturated rings. The van der Waals surface area contributed by atoms with E-state index in [1.54, 1.807) is 36.0 Å². The Labute approximate surface area is 221 Å². The van der Waals surface area contributed by atoms with Crippen molar-refractivity contribution >= 4 is 40.4 Å². The molecule has 1 atom stereocenters. The summed E-state index contributed by atoms with van der Waals surface area (Å²) in [5, 5.41) is 1.96. The van der Waals surface area contributed by atoms with Crippen molar-refractivity contribution in [2.75, 3.05) is 20.8 Å². The van der Waals surface area contributed by atoms with Crippen LogP contribution in [0, 0.1) is 0 Å². The molecule has 2 aromatic carbocycles. The lowest BCUT2D eigenvalue weighted by Crippen LogP contribution is -2.40. The Morgan fingerprint density at radius 3 is 2.54 bits per heavy atom. The number of nitrogens with zero attached hydrogens (tertiary/aromatic N) is 2. The zero-order valence-corrected chi connectivity index (χ0v) is 22.1. The van der Waals surface area contributed by atoms with E-state index in [9.17, 15) is 9.59 Å². The molecule has 0 aliphatic carbocycles. The molecule has 0 unspecified atom stereocenters. The molecule has 0 spiro atoms. The fourth-order valence-corrected chi connectivity index (χ4v) is 6.09. The summed E-state index contributed by atoms with van der Waals surface area (Å²) in [6.45, 7) is 1.92. The van der Waals surface area contributed by atoms with Crippen molar-refractivity contribution in [1.82, 2.24) is 4.57 Å². The van der Waals surface area contributed by atoms with Gasteiger partial charge in [-0.1, -0.05) is 59.9 Å². The quantitative estimate of drug-likeness (QED) is 0.336. The van der Waals surface area contributed by atoms with Crippen molar-refractivity contribution in [2.24, 2.45) is 4.99 Å². The van der Waals surface area contributed by atoms with Gasteiger partial charge in [-0.25, -0.2) is 9.79 Å². The molecule has 3 heterocycles. The van der Waals surface area contributed by atoms with Gasteiger partial charge >= 0.3 is 5.97 Å². The van der Waals surface area contributed by atoms with Crippen molar-refractivity contribution in [3.05, 3.63) is 107 Å². The number of methoxy groups -OCH3 is 2. The van der Waals surface area contributed by atoms with Gasteiger partial charge in [0.2, 0.25) is 0 Å². The molecule has 9 heteroatoms. The van der Waals surface area contributed by atoms with Crippen molar-refractivity contribution in [1.29, 1.82) is 0 Å². The Bertz CT molecular complexity index is 1650. The predicted molar refractivity (Wildman–Crippen MR) is 145 cm³/mol. The first-order valence-corrected chi connectivity index (χ1v) is 13.3. The minimum absolute atomic E-state index is 0.176. The topological polar surface area (TPSA) is 79.1 Å². The van der Waals surface area contributed by atoms with Crippen molar-refractivity contribution in [3.8, 4) is 11.5 Å². The smallest absolute Gasteiger partial charge is 0.338 e. The molecular weight excluding hydrogens is 508 g/mol. The third-order valence-corrected chi connectivity index (χ3v) is 7.72. The summed E-state index contributed by atoms with van der Waals surface area (Å²) in [6.07, 6.45) is 1.85. The Morgan fingerprint density at radius 2 is 1.86 bits per heavy atom. The van der Waals surface area contributed by atoms with E-state index in [4.69, 9.17) is 19.2 Å². The van der Waals surface area contributed by atoms with Gasteiger partial charge < -0.3 is 14.2 Å². The number of ether oxygens (including phenoxy) is 3. The minimum Gasteiger partial charge on any atom is -0.493 e. The lowest BCUT2D eigenvalue weighted by atomic mass is 9.92. The van der Waals surface area contributed by atoms with E-state index in [-0.39, 0.29) is 17.7 Å². The number of para-hydroxylation sites is 1. The normalized spacial score (nSPS) is 15.2. The van der Waals surface area contributed by atoms with Crippen molar-refractivity contribution in [3.63, 3.8) is 0 Å². The maximum absolute atomic E-state index is 13.9. The van der Waals surface area contributed by atoms with Gasteiger partial charge in [0.15, 0.2) is 16.3 Å². The number of rotatable bonds is 7. The number of thiophene rings is 1. The second-order valence-electron chi connectivity index (χ2n) is 8.03. The molecule has 0 bridgehead atoms. The first-order valence-electron chi connectivity index (χ1n) is 11.6. The number of benzene rings is 2. The number of esters is 1. The molecule has 37 heavy (non-hydrogen) atoms. The summed E-state index contributed by atoms with van der Waals surface area (Å²) in [6, 6.07) is 17.9. The maximum atomic E-state index is 13.9. The Hall–Kier alpha value is -3.95. The van der Waals surface area contributed by atoms with Gasteiger partial charge in [-0.15, -0.1) is 11.3 Å². The Morgan fingerprint density at radius 1 is 1.05 bits per heavy atom. The third kappa shape index (κ3) is 4.52. The van der Waals surface area contributed by atoms with E-state index in [0.29, 0.717) is 32.1 Å². The van der Waals surface area contributed by atoms with Gasteiger partial charge in [0.25, 0.3) is 5.56 Å². The van der Waals surface area contributed by atoms with Crippen LogP contribution in [-0.2, 0) is 9.53 Å². The van der Waals surface area contributed by atoms with Gasteiger partial charge in [-0.05, 0) is 30.5 Å². The van der Waals surface area contributed by atoms with E-state index in [1.807, 2.05) is 66.1 Å². The van der Waals surface area contributed by atoms with Crippen LogP contribution < -0.4 is 24.4 Å². The molecule has 1 aliphatic heterocycles. The standard InChI is InChI=1S/C28H24N2O5S2/c1-4-35-27(32)22-23(17-10-6-5-7-11-17)29-28-30(26(31)21(37-28)16-18-12-9-15-36-18)24(22)19-13-8-14-20(33-2)25(19)34-3/h5-16,24H,4H2,1-3H3/b21-16-/t24-/m0/s1. The number of fused-ring (bicyclic) bond motifs is 1. The predicted octanol–water partition coefficient (Wildman–Crippen LogP) is 4.01. The molecule has 1 aliphatic rings. The monoisotopic (exact) mass is 532 g/mol. The van der Waals surface area contributed by atoms with Crippen LogP contribution in [0.2, 0.25) is 0 Å². The van der Waals surface area contributed by atoms with E-state index in [2.05, 4.69) is 0 Å². The van der Waals surface area contributed by atoms with E-state index < -0.39 is 12.0 Å². The first-order chi connectivity index (χ1) is 18.1. The summed E-state index contributed by atoms with van der Waals surface area (Å²) < 4.78 is 18.9. The molecule has 7 nitrogen and oxygen atoms in total. The first kappa shape index (κ1) is 24.7. The highest BCUT2D eigenvalue weighted by Crippen LogP contribution is 2.42. The number of aromatic nitrogens is 1. The van der Waals surface area contributed by atoms with Crippen LogP contribution in [0.1, 0.15) is 29.0 Å². The van der Waals surface area contributed by atoms with Crippen LogP contribution in [0.4, 0.5) is 0 Å². The summed E-state index contributed by atoms with van der Waals surface area (Å²) in [4.78, 5) is 33.8. The van der Waals surface area contributed by atoms with Crippen LogP contribution in [0.15, 0.2) is 81.4 Å². The summed E-state index contributed by atoms with van der Waals surface area (Å²) >= 11 is 2.83. The zero-order valence-electron chi connectivity index (χ0n) is 20.5. The van der Waals surface area contributed by atoms with Crippen LogP contribution in [0.3, 0.4) is 0 Å². The van der Waals surface area contributed by atoms with E-state index >= 15 is 0 Å². The highest BCUT2D eigenvalue weighted by molar-refractivity contribution is 7.11. The SMILES string of the molecule is CCOC(=O)C1=C(c2ccccc2)N=c2s/c(=C\c3cccs3)c(=O)n2[C@H]1c1cccc(OC)c1OC. The van der Waals surface area contributed by atoms with Gasteiger partial charge in [-0.2, -0.15) is 0 Å². The summed E-state index contributed by atoms with van der Waals surface area (Å²) in [5.41, 5.74) is 1.80. The van der Waals surface area contributed by atoms with Crippen molar-refractivity contribution < 1.29 is 19.0 Å². The Balaban J connectivity index is 1.89. The van der Waals surface area contributed by atoms with E-state index in [0.717, 1.165) is 10.4 Å². The highest BCUT2D eigenvalue weighted by Gasteiger charge is 2.37. The Kier molecular flexibility index (Phi) is 7.07. The minimum atomic E-state index is -0.846. The molecule has 0 saturated carbocycles. The van der Waals surface area contributed by atoms with Crippen LogP contribution in [-0.4, -0.2) is 31.4 Å². The number of carbonyl (C=O) groups excluding carboxylic acids is 1. The van der Waals surface area contributed by atoms with Gasteiger partial charge in [-0.3, -0.25) is 9.36 Å². The molecular formula is C28H24N2O5S2. The molecule has 0 N–H and O–H groups in total. The fraction of sp³-hybridized carbons (Fsp3) is 0.179. The molecule has 4 aromatic rings. The van der Waals surface area contributed by atoms with Crippen LogP contribution in [0.25, 0.3) is 11.8 Å². The third-order valence-electron chi connectivity index (χ3n) is 5.92. The summed E-state index contributed by atoms with van der Waals surface area (Å²) in [5.74, 6) is 0.369. The van der Waals surface area contributed by atoms with Gasteiger partial charge in [0.05, 0.1) is 36.6 Å². The average Bonchev–Trinajstić information content (AvgIpc) is 3.55.